The molecule has 5 rings (SSSR count). The SMILES string of the molecule is Fc1ccc(-c2nn3c(c2-c2ccnc4c2OCC4)CNCC3)cc1. The van der Waals surface area contributed by atoms with Crippen LogP contribution in [0.1, 0.15) is 11.4 Å². The van der Waals surface area contributed by atoms with Gasteiger partial charge in [0.1, 0.15) is 17.3 Å². The van der Waals surface area contributed by atoms with E-state index >= 15 is 0 Å². The standard InChI is InChI=1S/C19H17FN4O/c20-13-3-1-12(2-4-13)18-17(16-11-21-8-9-24(16)23-18)14-5-7-22-15-6-10-25-19(14)15/h1-5,7,21H,6,8-11H2. The zero-order chi connectivity index (χ0) is 16.8. The number of hydrogen-bond donors (Lipinski definition) is 1. The van der Waals surface area contributed by atoms with Gasteiger partial charge in [-0.05, 0) is 30.3 Å². The van der Waals surface area contributed by atoms with E-state index in [4.69, 9.17) is 9.84 Å². The average molecular weight is 336 g/mol. The molecule has 25 heavy (non-hydrogen) atoms. The van der Waals surface area contributed by atoms with Crippen LogP contribution in [-0.2, 0) is 19.5 Å². The highest BCUT2D eigenvalue weighted by molar-refractivity contribution is 5.86. The maximum Gasteiger partial charge on any atom is 0.148 e. The number of benzene rings is 1. The lowest BCUT2D eigenvalue weighted by atomic mass is 9.97. The maximum atomic E-state index is 13.4. The van der Waals surface area contributed by atoms with Crippen LogP contribution in [0.15, 0.2) is 36.5 Å². The lowest BCUT2D eigenvalue weighted by Gasteiger charge is -2.17. The first-order valence-electron chi connectivity index (χ1n) is 8.48. The van der Waals surface area contributed by atoms with Crippen molar-refractivity contribution in [2.24, 2.45) is 0 Å². The Bertz CT molecular complexity index is 949. The number of halogens is 1. The predicted molar refractivity (Wildman–Crippen MR) is 91.8 cm³/mol. The Morgan fingerprint density at radius 3 is 2.92 bits per heavy atom. The number of ether oxygens (including phenoxy) is 1. The van der Waals surface area contributed by atoms with E-state index in [-0.39, 0.29) is 5.82 Å². The molecule has 0 atom stereocenters. The molecule has 0 amide bonds. The highest BCUT2D eigenvalue weighted by atomic mass is 19.1. The Kier molecular flexibility index (Phi) is 3.31. The summed E-state index contributed by atoms with van der Waals surface area (Å²) in [6.45, 7) is 3.12. The lowest BCUT2D eigenvalue weighted by Crippen LogP contribution is -2.28. The van der Waals surface area contributed by atoms with Gasteiger partial charge in [-0.25, -0.2) is 4.39 Å². The van der Waals surface area contributed by atoms with Crippen molar-refractivity contribution >= 4 is 0 Å². The molecular formula is C19H17FN4O. The average Bonchev–Trinajstić information content (AvgIpc) is 3.26. The molecule has 4 heterocycles. The van der Waals surface area contributed by atoms with Gasteiger partial charge in [-0.3, -0.25) is 9.67 Å². The fourth-order valence-electron chi connectivity index (χ4n) is 3.62. The third-order valence-electron chi connectivity index (χ3n) is 4.80. The van der Waals surface area contributed by atoms with Crippen molar-refractivity contribution in [3.8, 4) is 28.1 Å². The first kappa shape index (κ1) is 14.6. The fourth-order valence-corrected chi connectivity index (χ4v) is 3.62. The molecule has 6 heteroatoms. The van der Waals surface area contributed by atoms with Gasteiger partial charge in [-0.15, -0.1) is 0 Å². The van der Waals surface area contributed by atoms with E-state index in [1.165, 1.54) is 12.1 Å². The molecule has 0 saturated heterocycles. The number of aromatic nitrogens is 3. The molecule has 0 bridgehead atoms. The minimum atomic E-state index is -0.246. The normalized spacial score (nSPS) is 15.6. The number of pyridine rings is 1. The second kappa shape index (κ2) is 5.67. The Morgan fingerprint density at radius 1 is 1.16 bits per heavy atom. The van der Waals surface area contributed by atoms with Crippen LogP contribution in [0.25, 0.3) is 22.4 Å². The summed E-state index contributed by atoms with van der Waals surface area (Å²) >= 11 is 0. The lowest BCUT2D eigenvalue weighted by molar-refractivity contribution is 0.358. The minimum Gasteiger partial charge on any atom is -0.491 e. The second-order valence-corrected chi connectivity index (χ2v) is 6.31. The second-order valence-electron chi connectivity index (χ2n) is 6.31. The summed E-state index contributed by atoms with van der Waals surface area (Å²) in [6.07, 6.45) is 2.66. The number of rotatable bonds is 2. The van der Waals surface area contributed by atoms with Gasteiger partial charge in [0.2, 0.25) is 0 Å². The Labute approximate surface area is 144 Å². The van der Waals surface area contributed by atoms with Gasteiger partial charge in [-0.1, -0.05) is 0 Å². The molecule has 1 aromatic carbocycles. The highest BCUT2D eigenvalue weighted by Crippen LogP contribution is 2.42. The summed E-state index contributed by atoms with van der Waals surface area (Å²) < 4.78 is 21.3. The summed E-state index contributed by atoms with van der Waals surface area (Å²) in [5.74, 6) is 0.608. The Balaban J connectivity index is 1.77. The molecule has 3 aromatic rings. The van der Waals surface area contributed by atoms with Gasteiger partial charge >= 0.3 is 0 Å². The van der Waals surface area contributed by atoms with Crippen molar-refractivity contribution in [1.82, 2.24) is 20.1 Å². The van der Waals surface area contributed by atoms with Gasteiger partial charge in [0.05, 0.1) is 24.5 Å². The van der Waals surface area contributed by atoms with Crippen molar-refractivity contribution in [2.75, 3.05) is 13.2 Å². The van der Waals surface area contributed by atoms with E-state index in [0.717, 1.165) is 65.6 Å². The first-order valence-corrected chi connectivity index (χ1v) is 8.48. The summed E-state index contributed by atoms with van der Waals surface area (Å²) in [5, 5.41) is 8.25. The van der Waals surface area contributed by atoms with Gasteiger partial charge in [0.25, 0.3) is 0 Å². The predicted octanol–water partition coefficient (Wildman–Crippen LogP) is 2.79. The number of fused-ring (bicyclic) bond motifs is 2. The highest BCUT2D eigenvalue weighted by Gasteiger charge is 2.27. The summed E-state index contributed by atoms with van der Waals surface area (Å²) in [7, 11) is 0. The minimum absolute atomic E-state index is 0.246. The van der Waals surface area contributed by atoms with E-state index in [1.807, 2.05) is 16.9 Å². The smallest absolute Gasteiger partial charge is 0.148 e. The molecule has 0 aliphatic carbocycles. The molecule has 1 N–H and O–H groups in total. The van der Waals surface area contributed by atoms with Crippen LogP contribution in [0.3, 0.4) is 0 Å². The van der Waals surface area contributed by atoms with Crippen LogP contribution in [-0.4, -0.2) is 27.9 Å². The third kappa shape index (κ3) is 2.33. The summed E-state index contributed by atoms with van der Waals surface area (Å²) in [5.41, 5.74) is 5.97. The topological polar surface area (TPSA) is 52.0 Å². The summed E-state index contributed by atoms with van der Waals surface area (Å²) in [6, 6.07) is 8.50. The quantitative estimate of drug-likeness (QED) is 0.782. The van der Waals surface area contributed by atoms with Crippen molar-refractivity contribution in [2.45, 2.75) is 19.5 Å². The fraction of sp³-hybridized carbons (Fsp3) is 0.263. The molecule has 0 spiro atoms. The molecule has 126 valence electrons. The van der Waals surface area contributed by atoms with Gasteiger partial charge in [0.15, 0.2) is 0 Å². The molecule has 0 fully saturated rings. The van der Waals surface area contributed by atoms with E-state index in [2.05, 4.69) is 10.3 Å². The molecular weight excluding hydrogens is 319 g/mol. The first-order chi connectivity index (χ1) is 12.3. The number of hydrogen-bond acceptors (Lipinski definition) is 4. The molecule has 0 radical (unpaired) electrons. The van der Waals surface area contributed by atoms with Crippen LogP contribution in [0.5, 0.6) is 5.75 Å². The van der Waals surface area contributed by atoms with E-state index in [1.54, 1.807) is 12.1 Å². The zero-order valence-corrected chi connectivity index (χ0v) is 13.6. The van der Waals surface area contributed by atoms with Crippen LogP contribution < -0.4 is 10.1 Å². The maximum absolute atomic E-state index is 13.4. The zero-order valence-electron chi connectivity index (χ0n) is 13.6. The van der Waals surface area contributed by atoms with Crippen LogP contribution in [0, 0.1) is 5.82 Å². The number of nitrogens with one attached hydrogen (secondary N) is 1. The number of nitrogens with zero attached hydrogens (tertiary/aromatic N) is 3. The van der Waals surface area contributed by atoms with Crippen LogP contribution in [0.4, 0.5) is 4.39 Å². The monoisotopic (exact) mass is 336 g/mol. The van der Waals surface area contributed by atoms with Crippen LogP contribution in [0.2, 0.25) is 0 Å². The van der Waals surface area contributed by atoms with Gasteiger partial charge < -0.3 is 10.1 Å². The molecule has 5 nitrogen and oxygen atoms in total. The molecule has 0 saturated carbocycles. The van der Waals surface area contributed by atoms with E-state index in [0.29, 0.717) is 6.61 Å². The van der Waals surface area contributed by atoms with Gasteiger partial charge in [0, 0.05) is 42.4 Å². The third-order valence-corrected chi connectivity index (χ3v) is 4.80. The Hall–Kier alpha value is -2.73. The Morgan fingerprint density at radius 2 is 2.04 bits per heavy atom. The molecule has 2 aliphatic rings. The van der Waals surface area contributed by atoms with Crippen molar-refractivity contribution in [3.05, 3.63) is 53.7 Å². The molecule has 2 aromatic heterocycles. The van der Waals surface area contributed by atoms with Crippen molar-refractivity contribution < 1.29 is 9.13 Å². The van der Waals surface area contributed by atoms with Crippen molar-refractivity contribution in [1.29, 1.82) is 0 Å². The van der Waals surface area contributed by atoms with E-state index < -0.39 is 0 Å². The molecule has 2 aliphatic heterocycles. The largest absolute Gasteiger partial charge is 0.491 e. The molecule has 0 unspecified atom stereocenters. The van der Waals surface area contributed by atoms with E-state index in [9.17, 15) is 4.39 Å². The van der Waals surface area contributed by atoms with Crippen molar-refractivity contribution in [3.63, 3.8) is 0 Å². The van der Waals surface area contributed by atoms with Gasteiger partial charge in [-0.2, -0.15) is 5.10 Å². The van der Waals surface area contributed by atoms with Crippen LogP contribution >= 0.6 is 0 Å². The summed E-state index contributed by atoms with van der Waals surface area (Å²) in [4.78, 5) is 4.44.